The van der Waals surface area contributed by atoms with E-state index in [4.69, 9.17) is 9.31 Å². The van der Waals surface area contributed by atoms with Crippen LogP contribution < -0.4 is 0 Å². The molecule has 0 aromatic heterocycles. The van der Waals surface area contributed by atoms with Crippen molar-refractivity contribution in [3.8, 4) is 0 Å². The molecule has 136 valence electrons. The second-order valence-corrected chi connectivity index (χ2v) is 8.34. The summed E-state index contributed by atoms with van der Waals surface area (Å²) in [5.41, 5.74) is 0.876. The van der Waals surface area contributed by atoms with E-state index >= 15 is 0 Å². The minimum atomic E-state index is -0.584. The predicted octanol–water partition coefficient (Wildman–Crippen LogP) is 4.85. The maximum absolute atomic E-state index is 13.0. The number of ketones is 1. The molecule has 1 aliphatic heterocycles. The largest absolute Gasteiger partial charge is 0.469 e. The van der Waals surface area contributed by atoms with Gasteiger partial charge in [0, 0.05) is 17.3 Å². The van der Waals surface area contributed by atoms with Gasteiger partial charge < -0.3 is 9.31 Å². The van der Waals surface area contributed by atoms with Crippen molar-refractivity contribution in [1.29, 1.82) is 0 Å². The van der Waals surface area contributed by atoms with Gasteiger partial charge in [0.15, 0.2) is 5.78 Å². The second kappa shape index (κ2) is 6.68. The molecule has 2 aromatic carbocycles. The Labute approximate surface area is 156 Å². The van der Waals surface area contributed by atoms with Crippen molar-refractivity contribution in [2.45, 2.75) is 57.6 Å². The lowest BCUT2D eigenvalue weighted by atomic mass is 9.52. The Kier molecular flexibility index (Phi) is 4.85. The van der Waals surface area contributed by atoms with Gasteiger partial charge in [-0.2, -0.15) is 0 Å². The van der Waals surface area contributed by atoms with Crippen LogP contribution in [-0.4, -0.2) is 24.1 Å². The van der Waals surface area contributed by atoms with E-state index in [1.54, 1.807) is 0 Å². The number of hydrogen-bond acceptors (Lipinski definition) is 3. The van der Waals surface area contributed by atoms with Gasteiger partial charge >= 0.3 is 7.12 Å². The zero-order valence-electron chi connectivity index (χ0n) is 16.3. The van der Waals surface area contributed by atoms with Gasteiger partial charge in [-0.15, -0.1) is 0 Å². The standard InChI is InChI=1S/C22H27BO3/c1-20(2)21(3,4)26-23(25-20)22(5,18-14-10-7-11-15-18)16-19(24)17-12-8-6-9-13-17/h6-15H,16H2,1-5H3. The van der Waals surface area contributed by atoms with E-state index < -0.39 is 23.6 Å². The first-order valence-electron chi connectivity index (χ1n) is 9.15. The van der Waals surface area contributed by atoms with Crippen LogP contribution in [0.5, 0.6) is 0 Å². The molecule has 1 unspecified atom stereocenters. The lowest BCUT2D eigenvalue weighted by Crippen LogP contribution is -2.45. The molecule has 1 fully saturated rings. The quantitative estimate of drug-likeness (QED) is 0.571. The molecule has 1 aliphatic rings. The van der Waals surface area contributed by atoms with Crippen LogP contribution in [-0.2, 0) is 14.6 Å². The van der Waals surface area contributed by atoms with Crippen molar-refractivity contribution in [1.82, 2.24) is 0 Å². The van der Waals surface area contributed by atoms with Crippen molar-refractivity contribution in [3.05, 3.63) is 71.8 Å². The van der Waals surface area contributed by atoms with E-state index in [9.17, 15) is 4.79 Å². The topological polar surface area (TPSA) is 35.5 Å². The summed E-state index contributed by atoms with van der Waals surface area (Å²) in [6, 6.07) is 19.5. The summed E-state index contributed by atoms with van der Waals surface area (Å²) < 4.78 is 12.7. The number of carbonyl (C=O) groups is 1. The van der Waals surface area contributed by atoms with Gasteiger partial charge in [-0.25, -0.2) is 0 Å². The molecule has 1 atom stereocenters. The monoisotopic (exact) mass is 350 g/mol. The SMILES string of the molecule is CC(CC(=O)c1ccccc1)(B1OC(C)(C)C(C)(C)O1)c1ccccc1. The average molecular weight is 350 g/mol. The first-order valence-corrected chi connectivity index (χ1v) is 9.15. The molecule has 1 saturated heterocycles. The van der Waals surface area contributed by atoms with Crippen LogP contribution in [0.25, 0.3) is 0 Å². The molecule has 26 heavy (non-hydrogen) atoms. The molecule has 3 nitrogen and oxygen atoms in total. The van der Waals surface area contributed by atoms with Crippen LogP contribution >= 0.6 is 0 Å². The molecule has 0 radical (unpaired) electrons. The molecule has 0 bridgehead atoms. The summed E-state index contributed by atoms with van der Waals surface area (Å²) in [4.78, 5) is 13.0. The smallest absolute Gasteiger partial charge is 0.403 e. The third-order valence-electron chi connectivity index (χ3n) is 5.83. The van der Waals surface area contributed by atoms with Gasteiger partial charge in [-0.05, 0) is 33.3 Å². The van der Waals surface area contributed by atoms with E-state index in [-0.39, 0.29) is 5.78 Å². The minimum Gasteiger partial charge on any atom is -0.403 e. The third kappa shape index (κ3) is 3.36. The van der Waals surface area contributed by atoms with Crippen LogP contribution in [0.1, 0.15) is 57.0 Å². The Bertz CT molecular complexity index is 754. The van der Waals surface area contributed by atoms with E-state index in [2.05, 4.69) is 6.92 Å². The number of rotatable bonds is 5. The summed E-state index contributed by atoms with van der Waals surface area (Å²) in [6.45, 7) is 10.2. The Morgan fingerprint density at radius 1 is 0.885 bits per heavy atom. The number of carbonyl (C=O) groups excluding carboxylic acids is 1. The predicted molar refractivity (Wildman–Crippen MR) is 105 cm³/mol. The van der Waals surface area contributed by atoms with Gasteiger partial charge in [-0.1, -0.05) is 67.6 Å². The van der Waals surface area contributed by atoms with Crippen LogP contribution in [0.3, 0.4) is 0 Å². The van der Waals surface area contributed by atoms with Crippen molar-refractivity contribution < 1.29 is 14.1 Å². The lowest BCUT2D eigenvalue weighted by Gasteiger charge is -2.32. The summed E-state index contributed by atoms with van der Waals surface area (Å²) in [6.07, 6.45) is 0.317. The van der Waals surface area contributed by atoms with Gasteiger partial charge in [0.2, 0.25) is 0 Å². The molecular weight excluding hydrogens is 323 g/mol. The van der Waals surface area contributed by atoms with Crippen molar-refractivity contribution >= 4 is 12.9 Å². The highest BCUT2D eigenvalue weighted by Crippen LogP contribution is 2.44. The highest BCUT2D eigenvalue weighted by molar-refractivity contribution is 6.50. The molecule has 0 saturated carbocycles. The maximum atomic E-state index is 13.0. The molecule has 3 rings (SSSR count). The summed E-state index contributed by atoms with van der Waals surface area (Å²) >= 11 is 0. The summed E-state index contributed by atoms with van der Waals surface area (Å²) in [5.74, 6) is 0.0895. The second-order valence-electron chi connectivity index (χ2n) is 8.34. The highest BCUT2D eigenvalue weighted by Gasteiger charge is 2.58. The number of benzene rings is 2. The van der Waals surface area contributed by atoms with E-state index in [1.165, 1.54) is 0 Å². The summed E-state index contributed by atoms with van der Waals surface area (Å²) in [5, 5.41) is -0.584. The van der Waals surface area contributed by atoms with Crippen LogP contribution in [0.2, 0.25) is 0 Å². The van der Waals surface area contributed by atoms with Gasteiger partial charge in [0.05, 0.1) is 11.2 Å². The zero-order valence-corrected chi connectivity index (χ0v) is 16.3. The maximum Gasteiger partial charge on any atom is 0.469 e. The van der Waals surface area contributed by atoms with Gasteiger partial charge in [0.1, 0.15) is 0 Å². The van der Waals surface area contributed by atoms with Crippen molar-refractivity contribution in [3.63, 3.8) is 0 Å². The Morgan fingerprint density at radius 2 is 1.35 bits per heavy atom. The molecule has 0 N–H and O–H groups in total. The average Bonchev–Trinajstić information content (AvgIpc) is 2.84. The van der Waals surface area contributed by atoms with Crippen LogP contribution in [0, 0.1) is 0 Å². The van der Waals surface area contributed by atoms with Crippen LogP contribution in [0.15, 0.2) is 60.7 Å². The third-order valence-corrected chi connectivity index (χ3v) is 5.83. The Hall–Kier alpha value is -1.91. The van der Waals surface area contributed by atoms with Crippen molar-refractivity contribution in [2.24, 2.45) is 0 Å². The molecule has 4 heteroatoms. The first-order chi connectivity index (χ1) is 12.2. The fraction of sp³-hybridized carbons (Fsp3) is 0.409. The van der Waals surface area contributed by atoms with E-state index in [0.717, 1.165) is 5.56 Å². The summed E-state index contributed by atoms with van der Waals surface area (Å²) in [7, 11) is -0.498. The normalized spacial score (nSPS) is 20.6. The molecule has 2 aromatic rings. The van der Waals surface area contributed by atoms with E-state index in [1.807, 2.05) is 88.4 Å². The Morgan fingerprint density at radius 3 is 1.85 bits per heavy atom. The lowest BCUT2D eigenvalue weighted by molar-refractivity contribution is 0.00578. The molecule has 1 heterocycles. The molecular formula is C22H27BO3. The molecule has 0 amide bonds. The Balaban J connectivity index is 1.98. The molecule has 0 aliphatic carbocycles. The minimum absolute atomic E-state index is 0.0895. The van der Waals surface area contributed by atoms with Gasteiger partial charge in [0.25, 0.3) is 0 Å². The molecule has 0 spiro atoms. The fourth-order valence-corrected chi connectivity index (χ4v) is 3.30. The number of hydrogen-bond donors (Lipinski definition) is 0. The number of Topliss-reactive ketones (excluding diaryl/α,β-unsaturated/α-hetero) is 1. The zero-order chi connectivity index (χ0) is 19.0. The van der Waals surface area contributed by atoms with Crippen molar-refractivity contribution in [2.75, 3.05) is 0 Å². The fourth-order valence-electron chi connectivity index (χ4n) is 3.30. The first kappa shape index (κ1) is 18.9. The van der Waals surface area contributed by atoms with E-state index in [0.29, 0.717) is 12.0 Å². The van der Waals surface area contributed by atoms with Gasteiger partial charge in [-0.3, -0.25) is 4.79 Å². The highest BCUT2D eigenvalue weighted by atomic mass is 16.7. The van der Waals surface area contributed by atoms with Crippen LogP contribution in [0.4, 0.5) is 0 Å².